The summed E-state index contributed by atoms with van der Waals surface area (Å²) in [6, 6.07) is 11.2. The molecule has 2 amide bonds. The third-order valence-electron chi connectivity index (χ3n) is 5.79. The maximum atomic E-state index is 13.6. The Balaban J connectivity index is 1.89. The Morgan fingerprint density at radius 1 is 1.16 bits per heavy atom. The van der Waals surface area contributed by atoms with Crippen LogP contribution in [0.1, 0.15) is 72.3 Å². The van der Waals surface area contributed by atoms with Crippen LogP contribution in [0.2, 0.25) is 0 Å². The molecule has 0 radical (unpaired) electrons. The average molecular weight is 443 g/mol. The van der Waals surface area contributed by atoms with E-state index in [1.165, 1.54) is 17.8 Å². The van der Waals surface area contributed by atoms with E-state index in [9.17, 15) is 9.59 Å². The third-order valence-corrected chi connectivity index (χ3v) is 6.65. The zero-order valence-corrected chi connectivity index (χ0v) is 19.5. The molecule has 1 aromatic carbocycles. The molecule has 1 N–H and O–H groups in total. The van der Waals surface area contributed by atoms with Gasteiger partial charge in [0.1, 0.15) is 6.04 Å². The SMILES string of the molecule is CCOCCCN(C(=O)c1cccs1)[C@@H](C(=O)NC1CCCCC1)c1ccc(C)cc1. The van der Waals surface area contributed by atoms with Crippen molar-refractivity contribution in [1.29, 1.82) is 0 Å². The van der Waals surface area contributed by atoms with Gasteiger partial charge in [-0.3, -0.25) is 9.59 Å². The van der Waals surface area contributed by atoms with Crippen LogP contribution in [0, 0.1) is 6.92 Å². The van der Waals surface area contributed by atoms with Gasteiger partial charge in [0, 0.05) is 25.8 Å². The van der Waals surface area contributed by atoms with Crippen molar-refractivity contribution in [2.45, 2.75) is 64.5 Å². The fraction of sp³-hybridized carbons (Fsp3) is 0.520. The van der Waals surface area contributed by atoms with Crippen LogP contribution in [-0.2, 0) is 9.53 Å². The van der Waals surface area contributed by atoms with E-state index in [0.717, 1.165) is 36.8 Å². The molecule has 2 aromatic rings. The Hall–Kier alpha value is -2.18. The van der Waals surface area contributed by atoms with Crippen molar-refractivity contribution in [3.8, 4) is 0 Å². The molecule has 31 heavy (non-hydrogen) atoms. The number of rotatable bonds is 10. The standard InChI is InChI=1S/C25H34N2O3S/c1-3-30-17-8-16-27(25(29)22-11-7-18-31-22)23(20-14-12-19(2)13-15-20)24(28)26-21-9-5-4-6-10-21/h7,11-15,18,21,23H,3-6,8-10,16-17H2,1-2H3,(H,26,28)/t23-/m1/s1. The summed E-state index contributed by atoms with van der Waals surface area (Å²) in [6.45, 7) is 5.66. The molecule has 0 saturated heterocycles. The first kappa shape index (κ1) is 23.5. The van der Waals surface area contributed by atoms with Crippen LogP contribution in [0.15, 0.2) is 41.8 Å². The lowest BCUT2D eigenvalue weighted by atomic mass is 9.94. The van der Waals surface area contributed by atoms with E-state index >= 15 is 0 Å². The predicted molar refractivity (Wildman–Crippen MR) is 125 cm³/mol. The van der Waals surface area contributed by atoms with Gasteiger partial charge in [-0.1, -0.05) is 55.2 Å². The minimum atomic E-state index is -0.654. The molecule has 6 heteroatoms. The summed E-state index contributed by atoms with van der Waals surface area (Å²) in [5.74, 6) is -0.187. The molecular formula is C25H34N2O3S. The van der Waals surface area contributed by atoms with E-state index < -0.39 is 6.04 Å². The molecule has 1 saturated carbocycles. The summed E-state index contributed by atoms with van der Waals surface area (Å²) in [5.41, 5.74) is 1.97. The van der Waals surface area contributed by atoms with E-state index in [0.29, 0.717) is 31.1 Å². The molecule has 0 unspecified atom stereocenters. The van der Waals surface area contributed by atoms with Gasteiger partial charge in [-0.15, -0.1) is 11.3 Å². The summed E-state index contributed by atoms with van der Waals surface area (Å²) in [4.78, 5) is 29.4. The quantitative estimate of drug-likeness (QED) is 0.520. The van der Waals surface area contributed by atoms with Crippen molar-refractivity contribution in [3.63, 3.8) is 0 Å². The second-order valence-electron chi connectivity index (χ2n) is 8.18. The second kappa shape index (κ2) is 12.0. The van der Waals surface area contributed by atoms with Gasteiger partial charge in [-0.25, -0.2) is 0 Å². The predicted octanol–water partition coefficient (Wildman–Crippen LogP) is 5.12. The van der Waals surface area contributed by atoms with Gasteiger partial charge < -0.3 is 15.0 Å². The van der Waals surface area contributed by atoms with Crippen LogP contribution in [0.5, 0.6) is 0 Å². The number of hydrogen-bond donors (Lipinski definition) is 1. The number of aryl methyl sites for hydroxylation is 1. The fourth-order valence-electron chi connectivity index (χ4n) is 4.12. The van der Waals surface area contributed by atoms with E-state index in [1.807, 2.05) is 55.6 Å². The second-order valence-corrected chi connectivity index (χ2v) is 9.13. The number of ether oxygens (including phenoxy) is 1. The van der Waals surface area contributed by atoms with Gasteiger partial charge in [0.15, 0.2) is 0 Å². The molecule has 1 atom stereocenters. The highest BCUT2D eigenvalue weighted by Crippen LogP contribution is 2.27. The fourth-order valence-corrected chi connectivity index (χ4v) is 4.80. The minimum absolute atomic E-state index is 0.0860. The molecule has 0 bridgehead atoms. The zero-order valence-electron chi connectivity index (χ0n) is 18.6. The number of nitrogens with one attached hydrogen (secondary N) is 1. The molecule has 1 fully saturated rings. The van der Waals surface area contributed by atoms with Crippen molar-refractivity contribution in [2.75, 3.05) is 19.8 Å². The summed E-state index contributed by atoms with van der Waals surface area (Å²) >= 11 is 1.41. The van der Waals surface area contributed by atoms with Crippen LogP contribution in [0.25, 0.3) is 0 Å². The smallest absolute Gasteiger partial charge is 0.264 e. The van der Waals surface area contributed by atoms with Gasteiger partial charge in [-0.2, -0.15) is 0 Å². The zero-order chi connectivity index (χ0) is 22.1. The topological polar surface area (TPSA) is 58.6 Å². The molecule has 3 rings (SSSR count). The number of benzene rings is 1. The average Bonchev–Trinajstić information content (AvgIpc) is 3.32. The van der Waals surface area contributed by atoms with Crippen molar-refractivity contribution in [3.05, 3.63) is 57.8 Å². The van der Waals surface area contributed by atoms with Crippen molar-refractivity contribution in [1.82, 2.24) is 10.2 Å². The Kier molecular flexibility index (Phi) is 9.10. The molecule has 0 spiro atoms. The lowest BCUT2D eigenvalue weighted by Crippen LogP contribution is -2.47. The number of hydrogen-bond acceptors (Lipinski definition) is 4. The number of thiophene rings is 1. The molecule has 1 aliphatic carbocycles. The Bertz CT molecular complexity index is 814. The van der Waals surface area contributed by atoms with Crippen molar-refractivity contribution >= 4 is 23.2 Å². The van der Waals surface area contributed by atoms with Crippen LogP contribution in [0.4, 0.5) is 0 Å². The molecule has 1 heterocycles. The van der Waals surface area contributed by atoms with Crippen LogP contribution in [-0.4, -0.2) is 42.5 Å². The number of amides is 2. The van der Waals surface area contributed by atoms with Crippen LogP contribution < -0.4 is 5.32 Å². The first-order valence-corrected chi connectivity index (χ1v) is 12.3. The molecule has 168 valence electrons. The molecule has 1 aliphatic rings. The molecule has 0 aliphatic heterocycles. The maximum absolute atomic E-state index is 13.6. The van der Waals surface area contributed by atoms with E-state index in [2.05, 4.69) is 5.32 Å². The van der Waals surface area contributed by atoms with E-state index in [4.69, 9.17) is 4.74 Å². The monoisotopic (exact) mass is 442 g/mol. The Morgan fingerprint density at radius 3 is 2.55 bits per heavy atom. The number of carbonyl (C=O) groups is 2. The van der Waals surface area contributed by atoms with Gasteiger partial charge in [-0.05, 0) is 50.1 Å². The molecule has 1 aromatic heterocycles. The summed E-state index contributed by atoms with van der Waals surface area (Å²) in [7, 11) is 0. The minimum Gasteiger partial charge on any atom is -0.382 e. The lowest BCUT2D eigenvalue weighted by molar-refractivity contribution is -0.127. The van der Waals surface area contributed by atoms with Gasteiger partial charge in [0.05, 0.1) is 4.88 Å². The summed E-state index contributed by atoms with van der Waals surface area (Å²) in [5, 5.41) is 5.15. The van der Waals surface area contributed by atoms with Crippen LogP contribution in [0.3, 0.4) is 0 Å². The maximum Gasteiger partial charge on any atom is 0.264 e. The number of nitrogens with zero attached hydrogens (tertiary/aromatic N) is 1. The van der Waals surface area contributed by atoms with Gasteiger partial charge >= 0.3 is 0 Å². The Morgan fingerprint density at radius 2 is 1.90 bits per heavy atom. The highest BCUT2D eigenvalue weighted by Gasteiger charge is 2.33. The number of carbonyl (C=O) groups excluding carboxylic acids is 2. The summed E-state index contributed by atoms with van der Waals surface area (Å²) in [6.07, 6.45) is 6.22. The molecule has 5 nitrogen and oxygen atoms in total. The van der Waals surface area contributed by atoms with Gasteiger partial charge in [0.25, 0.3) is 5.91 Å². The molecular weight excluding hydrogens is 408 g/mol. The summed E-state index contributed by atoms with van der Waals surface area (Å²) < 4.78 is 5.50. The van der Waals surface area contributed by atoms with E-state index in [1.54, 1.807) is 4.90 Å². The third kappa shape index (κ3) is 6.65. The highest BCUT2D eigenvalue weighted by atomic mass is 32.1. The first-order valence-electron chi connectivity index (χ1n) is 11.4. The van der Waals surface area contributed by atoms with Crippen LogP contribution >= 0.6 is 11.3 Å². The Labute approximate surface area is 189 Å². The lowest BCUT2D eigenvalue weighted by Gasteiger charge is -2.33. The van der Waals surface area contributed by atoms with Crippen molar-refractivity contribution in [2.24, 2.45) is 0 Å². The largest absolute Gasteiger partial charge is 0.382 e. The van der Waals surface area contributed by atoms with E-state index in [-0.39, 0.29) is 17.9 Å². The normalized spacial score (nSPS) is 15.4. The highest BCUT2D eigenvalue weighted by molar-refractivity contribution is 7.12. The van der Waals surface area contributed by atoms with Gasteiger partial charge in [0.2, 0.25) is 5.91 Å². The van der Waals surface area contributed by atoms with Crippen molar-refractivity contribution < 1.29 is 14.3 Å². The first-order chi connectivity index (χ1) is 15.1.